The van der Waals surface area contributed by atoms with Gasteiger partial charge in [0.25, 0.3) is 0 Å². The molecule has 1 aliphatic rings. The van der Waals surface area contributed by atoms with Gasteiger partial charge in [-0.25, -0.2) is 4.39 Å². The second kappa shape index (κ2) is 5.65. The molecule has 0 atom stereocenters. The highest BCUT2D eigenvalue weighted by Gasteiger charge is 2.36. The summed E-state index contributed by atoms with van der Waals surface area (Å²) in [6, 6.07) is 4.66. The van der Waals surface area contributed by atoms with Crippen LogP contribution >= 0.6 is 11.6 Å². The van der Waals surface area contributed by atoms with Crippen LogP contribution in [0.4, 0.5) is 10.1 Å². The first kappa shape index (κ1) is 14.6. The first-order valence-corrected chi connectivity index (χ1v) is 6.89. The number of halogens is 2. The van der Waals surface area contributed by atoms with Gasteiger partial charge in [-0.3, -0.25) is 4.90 Å². The van der Waals surface area contributed by atoms with Crippen molar-refractivity contribution in [1.29, 1.82) is 0 Å². The Morgan fingerprint density at radius 2 is 2.00 bits per heavy atom. The van der Waals surface area contributed by atoms with Crippen LogP contribution in [0.3, 0.4) is 0 Å². The zero-order chi connectivity index (χ0) is 14.0. The number of anilines is 1. The van der Waals surface area contributed by atoms with Crippen molar-refractivity contribution in [1.82, 2.24) is 4.90 Å². The highest BCUT2D eigenvalue weighted by atomic mass is 35.5. The molecule has 106 valence electrons. The van der Waals surface area contributed by atoms with Gasteiger partial charge in [0.05, 0.1) is 16.8 Å². The maximum atomic E-state index is 13.2. The predicted molar refractivity (Wildman–Crippen MR) is 75.9 cm³/mol. The average Bonchev–Trinajstić information content (AvgIpc) is 2.37. The highest BCUT2D eigenvalue weighted by Crippen LogP contribution is 2.34. The number of aliphatic hydroxyl groups is 1. The van der Waals surface area contributed by atoms with Gasteiger partial charge in [-0.15, -0.1) is 0 Å². The molecular formula is C14H20ClFN2O. The number of aliphatic hydroxyl groups excluding tert-OH is 1. The van der Waals surface area contributed by atoms with Gasteiger partial charge < -0.3 is 10.4 Å². The fourth-order valence-corrected chi connectivity index (χ4v) is 2.79. The summed E-state index contributed by atoms with van der Waals surface area (Å²) in [5.74, 6) is -0.412. The van der Waals surface area contributed by atoms with E-state index < -0.39 is 5.82 Å². The Bertz CT molecular complexity index is 445. The van der Waals surface area contributed by atoms with Gasteiger partial charge in [0.1, 0.15) is 5.82 Å². The third kappa shape index (κ3) is 3.19. The molecule has 1 saturated carbocycles. The van der Waals surface area contributed by atoms with Crippen molar-refractivity contribution in [2.24, 2.45) is 0 Å². The van der Waals surface area contributed by atoms with Crippen molar-refractivity contribution in [3.05, 3.63) is 29.0 Å². The molecule has 2 N–H and O–H groups in total. The van der Waals surface area contributed by atoms with Crippen LogP contribution in [0.1, 0.15) is 25.7 Å². The van der Waals surface area contributed by atoms with E-state index in [0.717, 1.165) is 31.4 Å². The third-order valence-corrected chi connectivity index (χ3v) is 4.22. The Hall–Kier alpha value is -0.840. The monoisotopic (exact) mass is 286 g/mol. The van der Waals surface area contributed by atoms with Crippen LogP contribution in [0.25, 0.3) is 0 Å². The van der Waals surface area contributed by atoms with Crippen molar-refractivity contribution in [3.63, 3.8) is 0 Å². The van der Waals surface area contributed by atoms with Crippen molar-refractivity contribution in [2.75, 3.05) is 19.4 Å². The van der Waals surface area contributed by atoms with E-state index in [1.807, 2.05) is 14.1 Å². The zero-order valence-corrected chi connectivity index (χ0v) is 12.0. The molecule has 0 saturated heterocycles. The Morgan fingerprint density at radius 3 is 2.53 bits per heavy atom. The molecule has 1 aromatic rings. The second-order valence-electron chi connectivity index (χ2n) is 5.41. The van der Waals surface area contributed by atoms with Gasteiger partial charge in [-0.1, -0.05) is 11.6 Å². The first-order chi connectivity index (χ1) is 8.93. The number of nitrogens with one attached hydrogen (secondary N) is 1. The zero-order valence-electron chi connectivity index (χ0n) is 11.3. The smallest absolute Gasteiger partial charge is 0.141 e. The van der Waals surface area contributed by atoms with Crippen LogP contribution in [-0.4, -0.2) is 35.9 Å². The molecule has 1 fully saturated rings. The molecule has 0 aliphatic heterocycles. The van der Waals surface area contributed by atoms with Crippen LogP contribution in [0.2, 0.25) is 5.02 Å². The molecule has 0 bridgehead atoms. The van der Waals surface area contributed by atoms with Gasteiger partial charge >= 0.3 is 0 Å². The van der Waals surface area contributed by atoms with Crippen molar-refractivity contribution in [3.8, 4) is 0 Å². The van der Waals surface area contributed by atoms with E-state index in [-0.39, 0.29) is 16.8 Å². The summed E-state index contributed by atoms with van der Waals surface area (Å²) < 4.78 is 13.2. The summed E-state index contributed by atoms with van der Waals surface area (Å²) in [5, 5.41) is 13.2. The molecule has 5 heteroatoms. The minimum absolute atomic E-state index is 0.120. The normalized spacial score (nSPS) is 27.6. The fraction of sp³-hybridized carbons (Fsp3) is 0.571. The minimum Gasteiger partial charge on any atom is -0.393 e. The average molecular weight is 287 g/mol. The lowest BCUT2D eigenvalue weighted by atomic mass is 9.86. The van der Waals surface area contributed by atoms with E-state index in [9.17, 15) is 9.50 Å². The summed E-state index contributed by atoms with van der Waals surface area (Å²) in [6.07, 6.45) is 3.00. The summed E-state index contributed by atoms with van der Waals surface area (Å²) >= 11 is 5.81. The molecule has 1 aliphatic carbocycles. The van der Waals surface area contributed by atoms with Gasteiger partial charge in [0, 0.05) is 5.69 Å². The van der Waals surface area contributed by atoms with E-state index in [0.29, 0.717) is 0 Å². The standard InChI is InChI=1S/C14H20ClFN2O/c1-18(2)14(7-5-11(19)6-8-14)17-10-3-4-13(16)12(15)9-10/h3-4,9,11,17,19H,5-8H2,1-2H3. The predicted octanol–water partition coefficient (Wildman–Crippen LogP) is 3.08. The summed E-state index contributed by atoms with van der Waals surface area (Å²) in [5.41, 5.74) is 0.594. The Morgan fingerprint density at radius 1 is 1.37 bits per heavy atom. The van der Waals surface area contributed by atoms with Crippen LogP contribution in [0.5, 0.6) is 0 Å². The number of benzene rings is 1. The quantitative estimate of drug-likeness (QED) is 0.838. The van der Waals surface area contributed by atoms with E-state index in [1.54, 1.807) is 12.1 Å². The number of nitrogens with zero attached hydrogens (tertiary/aromatic N) is 1. The molecule has 19 heavy (non-hydrogen) atoms. The van der Waals surface area contributed by atoms with Gasteiger partial charge in [-0.2, -0.15) is 0 Å². The lowest BCUT2D eigenvalue weighted by molar-refractivity contribution is 0.0494. The van der Waals surface area contributed by atoms with E-state index in [2.05, 4.69) is 10.2 Å². The summed E-state index contributed by atoms with van der Waals surface area (Å²) in [7, 11) is 4.02. The number of rotatable bonds is 3. The second-order valence-corrected chi connectivity index (χ2v) is 5.82. The Balaban J connectivity index is 2.19. The molecular weight excluding hydrogens is 267 g/mol. The number of hydrogen-bond acceptors (Lipinski definition) is 3. The molecule has 3 nitrogen and oxygen atoms in total. The number of hydrogen-bond donors (Lipinski definition) is 2. The lowest BCUT2D eigenvalue weighted by Gasteiger charge is -2.45. The molecule has 0 aromatic heterocycles. The van der Waals surface area contributed by atoms with Crippen molar-refractivity contribution >= 4 is 17.3 Å². The highest BCUT2D eigenvalue weighted by molar-refractivity contribution is 6.31. The molecule has 0 amide bonds. The molecule has 0 radical (unpaired) electrons. The molecule has 1 aromatic carbocycles. The lowest BCUT2D eigenvalue weighted by Crippen LogP contribution is -2.53. The van der Waals surface area contributed by atoms with Gasteiger partial charge in [0.15, 0.2) is 0 Å². The molecule has 2 rings (SSSR count). The van der Waals surface area contributed by atoms with Crippen LogP contribution < -0.4 is 5.32 Å². The van der Waals surface area contributed by atoms with Crippen LogP contribution in [0.15, 0.2) is 18.2 Å². The van der Waals surface area contributed by atoms with Crippen molar-refractivity contribution in [2.45, 2.75) is 37.5 Å². The maximum Gasteiger partial charge on any atom is 0.141 e. The summed E-state index contributed by atoms with van der Waals surface area (Å²) in [4.78, 5) is 2.12. The topological polar surface area (TPSA) is 35.5 Å². The SMILES string of the molecule is CN(C)C1(Nc2ccc(F)c(Cl)c2)CCC(O)CC1. The first-order valence-electron chi connectivity index (χ1n) is 6.52. The Labute approximate surface area is 118 Å². The van der Waals surface area contributed by atoms with Crippen molar-refractivity contribution < 1.29 is 9.50 Å². The van der Waals surface area contributed by atoms with E-state index in [4.69, 9.17) is 11.6 Å². The molecule has 0 heterocycles. The van der Waals surface area contributed by atoms with E-state index in [1.165, 1.54) is 6.07 Å². The van der Waals surface area contributed by atoms with Gasteiger partial charge in [-0.05, 0) is 58.0 Å². The third-order valence-electron chi connectivity index (χ3n) is 3.93. The molecule has 0 spiro atoms. The Kier molecular flexibility index (Phi) is 4.33. The van der Waals surface area contributed by atoms with Gasteiger partial charge in [0.2, 0.25) is 0 Å². The van der Waals surface area contributed by atoms with E-state index >= 15 is 0 Å². The van der Waals surface area contributed by atoms with Crippen LogP contribution in [0, 0.1) is 5.82 Å². The van der Waals surface area contributed by atoms with Crippen LogP contribution in [-0.2, 0) is 0 Å². The maximum absolute atomic E-state index is 13.2. The summed E-state index contributed by atoms with van der Waals surface area (Å²) in [6.45, 7) is 0. The molecule has 0 unspecified atom stereocenters. The largest absolute Gasteiger partial charge is 0.393 e. The fourth-order valence-electron chi connectivity index (χ4n) is 2.61. The minimum atomic E-state index is -0.412.